The minimum Gasteiger partial charge on any atom is -0.396 e. The second-order valence-electron chi connectivity index (χ2n) is 7.87. The Morgan fingerprint density at radius 1 is 0.769 bits per heavy atom. The van der Waals surface area contributed by atoms with Gasteiger partial charge >= 0.3 is 0 Å². The van der Waals surface area contributed by atoms with Gasteiger partial charge < -0.3 is 9.84 Å². The Balaban J connectivity index is 3.94. The highest BCUT2D eigenvalue weighted by molar-refractivity contribution is 5.07. The molecule has 150 valence electrons. The van der Waals surface area contributed by atoms with Crippen LogP contribution in [0, 0.1) is 5.92 Å². The fourth-order valence-corrected chi connectivity index (χ4v) is 2.51. The fourth-order valence-electron chi connectivity index (χ4n) is 2.51. The lowest BCUT2D eigenvalue weighted by atomic mass is 10.0. The van der Waals surface area contributed by atoms with Crippen LogP contribution in [-0.4, -0.2) is 24.9 Å². The molecule has 2 nitrogen and oxygen atoms in total. The number of hydrogen-bond acceptors (Lipinski definition) is 2. The summed E-state index contributed by atoms with van der Waals surface area (Å²) in [5.74, 6) is 0.221. The monoisotopic (exact) mass is 362 g/mol. The first kappa shape index (κ1) is 24.9. The molecule has 0 spiro atoms. The van der Waals surface area contributed by atoms with Crippen LogP contribution in [0.25, 0.3) is 0 Å². The van der Waals surface area contributed by atoms with Gasteiger partial charge in [-0.05, 0) is 73.1 Å². The van der Waals surface area contributed by atoms with Gasteiger partial charge in [-0.25, -0.2) is 0 Å². The van der Waals surface area contributed by atoms with Crippen LogP contribution in [-0.2, 0) is 4.74 Å². The molecule has 26 heavy (non-hydrogen) atoms. The van der Waals surface area contributed by atoms with Gasteiger partial charge in [-0.1, -0.05) is 53.5 Å². The van der Waals surface area contributed by atoms with Crippen LogP contribution in [0.5, 0.6) is 0 Å². The van der Waals surface area contributed by atoms with Gasteiger partial charge in [0.1, 0.15) is 0 Å². The van der Waals surface area contributed by atoms with E-state index in [2.05, 4.69) is 58.9 Å². The summed E-state index contributed by atoms with van der Waals surface area (Å²) in [5, 5.41) is 8.95. The molecule has 1 atom stereocenters. The Morgan fingerprint density at radius 2 is 1.23 bits per heavy atom. The quantitative estimate of drug-likeness (QED) is 0.273. The van der Waals surface area contributed by atoms with Crippen molar-refractivity contribution in [3.8, 4) is 0 Å². The molecule has 0 aliphatic heterocycles. The highest BCUT2D eigenvalue weighted by Crippen LogP contribution is 2.13. The Hall–Kier alpha value is -1.12. The van der Waals surface area contributed by atoms with Gasteiger partial charge in [-0.3, -0.25) is 0 Å². The number of rotatable bonds is 14. The van der Waals surface area contributed by atoms with E-state index in [4.69, 9.17) is 9.84 Å². The molecular weight excluding hydrogens is 320 g/mol. The van der Waals surface area contributed by atoms with Crippen LogP contribution in [0.2, 0.25) is 0 Å². The second kappa shape index (κ2) is 16.1. The van der Waals surface area contributed by atoms with E-state index in [1.807, 2.05) is 6.92 Å². The van der Waals surface area contributed by atoms with Gasteiger partial charge in [0.15, 0.2) is 0 Å². The summed E-state index contributed by atoms with van der Waals surface area (Å²) in [6, 6.07) is 0. The lowest BCUT2D eigenvalue weighted by Gasteiger charge is -2.07. The molecule has 1 unspecified atom stereocenters. The summed E-state index contributed by atoms with van der Waals surface area (Å²) in [6.45, 7) is 14.4. The maximum absolute atomic E-state index is 8.95. The first-order valence-electron chi connectivity index (χ1n) is 10.1. The Labute approximate surface area is 162 Å². The number of allylic oxidation sites excluding steroid dienone is 7. The third-order valence-electron chi connectivity index (χ3n) is 4.42. The standard InChI is InChI=1S/C24H42O2/c1-20(2)10-7-11-21(3)12-8-13-22(4)14-9-15-23(5)16-17-26-19-24(6)18-25/h10,12,14,16,24-25H,7-9,11,13,15,17-19H2,1-6H3/b21-12+,22-14+,23-16+. The van der Waals surface area contributed by atoms with Gasteiger partial charge in [-0.2, -0.15) is 0 Å². The Kier molecular flexibility index (Phi) is 15.4. The van der Waals surface area contributed by atoms with Gasteiger partial charge in [0.2, 0.25) is 0 Å². The summed E-state index contributed by atoms with van der Waals surface area (Å²) in [7, 11) is 0. The molecule has 0 aliphatic rings. The van der Waals surface area contributed by atoms with E-state index in [0.29, 0.717) is 13.2 Å². The van der Waals surface area contributed by atoms with Gasteiger partial charge in [0.25, 0.3) is 0 Å². The molecule has 0 fully saturated rings. The van der Waals surface area contributed by atoms with Crippen molar-refractivity contribution in [3.63, 3.8) is 0 Å². The van der Waals surface area contributed by atoms with Gasteiger partial charge in [0.05, 0.1) is 13.2 Å². The van der Waals surface area contributed by atoms with Crippen molar-refractivity contribution in [2.75, 3.05) is 19.8 Å². The molecular formula is C24H42O2. The minimum atomic E-state index is 0.191. The molecule has 0 aromatic rings. The smallest absolute Gasteiger partial charge is 0.0650 e. The van der Waals surface area contributed by atoms with Crippen molar-refractivity contribution < 1.29 is 9.84 Å². The van der Waals surface area contributed by atoms with Crippen molar-refractivity contribution in [1.29, 1.82) is 0 Å². The van der Waals surface area contributed by atoms with Crippen LogP contribution >= 0.6 is 0 Å². The molecule has 0 amide bonds. The molecule has 0 radical (unpaired) electrons. The molecule has 0 aromatic carbocycles. The van der Waals surface area contributed by atoms with Crippen molar-refractivity contribution in [2.45, 2.75) is 80.1 Å². The Bertz CT molecular complexity index is 476. The normalized spacial score (nSPS) is 14.5. The van der Waals surface area contributed by atoms with Crippen LogP contribution < -0.4 is 0 Å². The molecule has 2 heteroatoms. The highest BCUT2D eigenvalue weighted by atomic mass is 16.5. The molecule has 0 bridgehead atoms. The molecule has 1 N–H and O–H groups in total. The molecule has 0 rings (SSSR count). The third kappa shape index (κ3) is 16.4. The lowest BCUT2D eigenvalue weighted by Crippen LogP contribution is -2.09. The zero-order valence-corrected chi connectivity index (χ0v) is 18.1. The number of ether oxygens (including phenoxy) is 1. The second-order valence-corrected chi connectivity index (χ2v) is 7.87. The number of aliphatic hydroxyl groups is 1. The summed E-state index contributed by atoms with van der Waals surface area (Å²) >= 11 is 0. The first-order valence-corrected chi connectivity index (χ1v) is 10.1. The lowest BCUT2D eigenvalue weighted by molar-refractivity contribution is 0.0974. The molecule has 0 saturated heterocycles. The van der Waals surface area contributed by atoms with E-state index in [9.17, 15) is 0 Å². The summed E-state index contributed by atoms with van der Waals surface area (Å²) in [6.07, 6.45) is 16.1. The van der Waals surface area contributed by atoms with Crippen molar-refractivity contribution in [3.05, 3.63) is 46.6 Å². The first-order chi connectivity index (χ1) is 12.3. The number of hydrogen-bond donors (Lipinski definition) is 1. The van der Waals surface area contributed by atoms with Gasteiger partial charge in [0, 0.05) is 12.5 Å². The topological polar surface area (TPSA) is 29.5 Å². The van der Waals surface area contributed by atoms with E-state index < -0.39 is 0 Å². The van der Waals surface area contributed by atoms with E-state index >= 15 is 0 Å². The summed E-state index contributed by atoms with van der Waals surface area (Å²) < 4.78 is 5.54. The largest absolute Gasteiger partial charge is 0.396 e. The van der Waals surface area contributed by atoms with Crippen LogP contribution in [0.1, 0.15) is 80.1 Å². The maximum atomic E-state index is 8.95. The van der Waals surface area contributed by atoms with E-state index in [1.165, 1.54) is 28.7 Å². The molecule has 0 aliphatic carbocycles. The average molecular weight is 363 g/mol. The zero-order valence-electron chi connectivity index (χ0n) is 18.1. The highest BCUT2D eigenvalue weighted by Gasteiger charge is 1.98. The minimum absolute atomic E-state index is 0.191. The van der Waals surface area contributed by atoms with Crippen LogP contribution in [0.4, 0.5) is 0 Å². The number of aliphatic hydroxyl groups excluding tert-OH is 1. The predicted molar refractivity (Wildman–Crippen MR) is 115 cm³/mol. The summed E-state index contributed by atoms with van der Waals surface area (Å²) in [4.78, 5) is 0. The predicted octanol–water partition coefficient (Wildman–Crippen LogP) is 6.78. The fraction of sp³-hybridized carbons (Fsp3) is 0.667. The zero-order chi connectivity index (χ0) is 19.8. The van der Waals surface area contributed by atoms with Crippen molar-refractivity contribution >= 4 is 0 Å². The average Bonchev–Trinajstić information content (AvgIpc) is 2.58. The molecule has 0 saturated carbocycles. The molecule has 0 aromatic heterocycles. The summed E-state index contributed by atoms with van der Waals surface area (Å²) in [5.41, 5.74) is 5.77. The van der Waals surface area contributed by atoms with E-state index in [0.717, 1.165) is 32.1 Å². The SMILES string of the molecule is CC(C)=CCC/C(C)=C/CC/C(C)=C/CC/C(C)=C/COCC(C)CO. The third-order valence-corrected chi connectivity index (χ3v) is 4.42. The Morgan fingerprint density at radius 3 is 1.69 bits per heavy atom. The molecule has 0 heterocycles. The maximum Gasteiger partial charge on any atom is 0.0650 e. The van der Waals surface area contributed by atoms with E-state index in [-0.39, 0.29) is 12.5 Å². The van der Waals surface area contributed by atoms with Crippen molar-refractivity contribution in [2.24, 2.45) is 5.92 Å². The van der Waals surface area contributed by atoms with Gasteiger partial charge in [-0.15, -0.1) is 0 Å². The van der Waals surface area contributed by atoms with E-state index in [1.54, 1.807) is 0 Å². The van der Waals surface area contributed by atoms with Crippen molar-refractivity contribution in [1.82, 2.24) is 0 Å². The van der Waals surface area contributed by atoms with Crippen LogP contribution in [0.15, 0.2) is 46.6 Å². The van der Waals surface area contributed by atoms with Crippen LogP contribution in [0.3, 0.4) is 0 Å².